The summed E-state index contributed by atoms with van der Waals surface area (Å²) in [6, 6.07) is 13.2. The SMILES string of the molecule is Cc1ccccc1CN(C(=O)COc1ccccc1F)[C@H](C)C(=O)NC1CCCCC1. The van der Waals surface area contributed by atoms with Gasteiger partial charge in [0.2, 0.25) is 5.91 Å². The molecular weight excluding hydrogens is 395 g/mol. The number of aryl methyl sites for hydroxylation is 1. The number of rotatable bonds is 8. The van der Waals surface area contributed by atoms with Crippen LogP contribution in [-0.2, 0) is 16.1 Å². The van der Waals surface area contributed by atoms with Gasteiger partial charge in [-0.2, -0.15) is 0 Å². The summed E-state index contributed by atoms with van der Waals surface area (Å²) in [5.41, 5.74) is 1.99. The first-order chi connectivity index (χ1) is 15.0. The van der Waals surface area contributed by atoms with Gasteiger partial charge in [0.05, 0.1) is 0 Å². The topological polar surface area (TPSA) is 58.6 Å². The van der Waals surface area contributed by atoms with Crippen LogP contribution in [0.4, 0.5) is 4.39 Å². The summed E-state index contributed by atoms with van der Waals surface area (Å²) < 4.78 is 19.3. The molecule has 0 aliphatic heterocycles. The van der Waals surface area contributed by atoms with Gasteiger partial charge in [0.1, 0.15) is 6.04 Å². The number of carbonyl (C=O) groups is 2. The van der Waals surface area contributed by atoms with Crippen LogP contribution in [0.25, 0.3) is 0 Å². The number of nitrogens with zero attached hydrogens (tertiary/aromatic N) is 1. The second kappa shape index (κ2) is 10.9. The second-order valence-electron chi connectivity index (χ2n) is 8.19. The lowest BCUT2D eigenvalue weighted by Crippen LogP contribution is -2.51. The number of nitrogens with one attached hydrogen (secondary N) is 1. The molecule has 0 radical (unpaired) electrons. The van der Waals surface area contributed by atoms with Crippen molar-refractivity contribution in [3.63, 3.8) is 0 Å². The van der Waals surface area contributed by atoms with Gasteiger partial charge in [-0.15, -0.1) is 0 Å². The molecule has 0 unspecified atom stereocenters. The molecule has 1 atom stereocenters. The predicted molar refractivity (Wildman–Crippen MR) is 118 cm³/mol. The van der Waals surface area contributed by atoms with E-state index in [1.807, 2.05) is 31.2 Å². The smallest absolute Gasteiger partial charge is 0.261 e. The molecule has 0 heterocycles. The fraction of sp³-hybridized carbons (Fsp3) is 0.440. The summed E-state index contributed by atoms with van der Waals surface area (Å²) in [5.74, 6) is -1.03. The maximum Gasteiger partial charge on any atom is 0.261 e. The predicted octanol–water partition coefficient (Wildman–Crippen LogP) is 4.38. The molecule has 1 aliphatic carbocycles. The number of halogens is 1. The van der Waals surface area contributed by atoms with E-state index in [0.717, 1.165) is 36.8 Å². The molecule has 0 aromatic heterocycles. The van der Waals surface area contributed by atoms with Gasteiger partial charge in [-0.25, -0.2) is 4.39 Å². The average molecular weight is 427 g/mol. The Morgan fingerprint density at radius 1 is 1.10 bits per heavy atom. The quantitative estimate of drug-likeness (QED) is 0.682. The first-order valence-corrected chi connectivity index (χ1v) is 11.0. The van der Waals surface area contributed by atoms with E-state index in [1.165, 1.54) is 23.5 Å². The van der Waals surface area contributed by atoms with Gasteiger partial charge in [0, 0.05) is 12.6 Å². The number of carbonyl (C=O) groups excluding carboxylic acids is 2. The van der Waals surface area contributed by atoms with Crippen molar-refractivity contribution in [1.29, 1.82) is 0 Å². The van der Waals surface area contributed by atoms with Crippen LogP contribution in [0.1, 0.15) is 50.2 Å². The van der Waals surface area contributed by atoms with Gasteiger partial charge in [0.15, 0.2) is 18.2 Å². The number of para-hydroxylation sites is 1. The molecule has 166 valence electrons. The molecule has 0 saturated heterocycles. The Kier molecular flexibility index (Phi) is 8.04. The van der Waals surface area contributed by atoms with Crippen molar-refractivity contribution in [2.24, 2.45) is 0 Å². The highest BCUT2D eigenvalue weighted by Crippen LogP contribution is 2.19. The summed E-state index contributed by atoms with van der Waals surface area (Å²) in [6.45, 7) is 3.65. The third-order valence-corrected chi connectivity index (χ3v) is 5.91. The van der Waals surface area contributed by atoms with Gasteiger partial charge < -0.3 is 15.0 Å². The monoisotopic (exact) mass is 426 g/mol. The normalized spacial score (nSPS) is 15.2. The zero-order chi connectivity index (χ0) is 22.2. The van der Waals surface area contributed by atoms with Crippen molar-refractivity contribution < 1.29 is 18.7 Å². The summed E-state index contributed by atoms with van der Waals surface area (Å²) in [6.07, 6.45) is 5.37. The van der Waals surface area contributed by atoms with E-state index in [-0.39, 0.29) is 36.8 Å². The number of benzene rings is 2. The first-order valence-electron chi connectivity index (χ1n) is 11.0. The van der Waals surface area contributed by atoms with Crippen LogP contribution in [0.15, 0.2) is 48.5 Å². The number of amides is 2. The molecule has 3 rings (SSSR count). The van der Waals surface area contributed by atoms with Crippen LogP contribution >= 0.6 is 0 Å². The van der Waals surface area contributed by atoms with E-state index in [0.29, 0.717) is 0 Å². The molecule has 2 aromatic carbocycles. The molecule has 6 heteroatoms. The van der Waals surface area contributed by atoms with Gasteiger partial charge >= 0.3 is 0 Å². The molecule has 5 nitrogen and oxygen atoms in total. The Labute approximate surface area is 183 Å². The Morgan fingerprint density at radius 3 is 2.48 bits per heavy atom. The van der Waals surface area contributed by atoms with E-state index in [9.17, 15) is 14.0 Å². The van der Waals surface area contributed by atoms with Crippen LogP contribution in [0.2, 0.25) is 0 Å². The highest BCUT2D eigenvalue weighted by molar-refractivity contribution is 5.88. The van der Waals surface area contributed by atoms with Crippen LogP contribution in [0.5, 0.6) is 5.75 Å². The molecule has 0 bridgehead atoms. The Morgan fingerprint density at radius 2 is 1.77 bits per heavy atom. The lowest BCUT2D eigenvalue weighted by atomic mass is 9.95. The minimum atomic E-state index is -0.668. The maximum atomic E-state index is 13.9. The number of hydrogen-bond donors (Lipinski definition) is 1. The van der Waals surface area contributed by atoms with Crippen molar-refractivity contribution in [3.05, 3.63) is 65.5 Å². The average Bonchev–Trinajstić information content (AvgIpc) is 2.78. The summed E-state index contributed by atoms with van der Waals surface area (Å²) >= 11 is 0. The maximum absolute atomic E-state index is 13.9. The van der Waals surface area contributed by atoms with E-state index in [4.69, 9.17) is 4.74 Å². The van der Waals surface area contributed by atoms with E-state index in [2.05, 4.69) is 5.32 Å². The lowest BCUT2D eigenvalue weighted by Gasteiger charge is -2.31. The van der Waals surface area contributed by atoms with Gasteiger partial charge in [0.25, 0.3) is 5.91 Å². The molecule has 1 saturated carbocycles. The Bertz CT molecular complexity index is 896. The highest BCUT2D eigenvalue weighted by Gasteiger charge is 2.28. The second-order valence-corrected chi connectivity index (χ2v) is 8.19. The standard InChI is InChI=1S/C25H31FN2O3/c1-18-10-6-7-11-20(18)16-28(19(2)25(30)27-21-12-4-3-5-13-21)24(29)17-31-23-15-9-8-14-22(23)26/h6-11,14-15,19,21H,3-5,12-13,16-17H2,1-2H3,(H,27,30)/t19-/m1/s1. The van der Waals surface area contributed by atoms with E-state index in [1.54, 1.807) is 19.1 Å². The van der Waals surface area contributed by atoms with Crippen molar-refractivity contribution in [3.8, 4) is 5.75 Å². The number of hydrogen-bond acceptors (Lipinski definition) is 3. The fourth-order valence-corrected chi connectivity index (χ4v) is 3.91. The zero-order valence-corrected chi connectivity index (χ0v) is 18.3. The van der Waals surface area contributed by atoms with Crippen molar-refractivity contribution >= 4 is 11.8 Å². The summed E-state index contributed by atoms with van der Waals surface area (Å²) in [4.78, 5) is 27.6. The highest BCUT2D eigenvalue weighted by atomic mass is 19.1. The number of ether oxygens (including phenoxy) is 1. The van der Waals surface area contributed by atoms with Gasteiger partial charge in [-0.05, 0) is 49.9 Å². The lowest BCUT2D eigenvalue weighted by molar-refractivity contribution is -0.142. The molecule has 1 N–H and O–H groups in total. The molecule has 31 heavy (non-hydrogen) atoms. The molecule has 2 amide bonds. The minimum absolute atomic E-state index is 0.0194. The molecule has 1 aliphatic rings. The van der Waals surface area contributed by atoms with Gasteiger partial charge in [-0.1, -0.05) is 55.7 Å². The minimum Gasteiger partial charge on any atom is -0.481 e. The molecule has 0 spiro atoms. The van der Waals surface area contributed by atoms with Crippen LogP contribution in [0.3, 0.4) is 0 Å². The van der Waals surface area contributed by atoms with Crippen LogP contribution in [0, 0.1) is 12.7 Å². The van der Waals surface area contributed by atoms with Crippen LogP contribution < -0.4 is 10.1 Å². The Hall–Kier alpha value is -2.89. The largest absolute Gasteiger partial charge is 0.481 e. The van der Waals surface area contributed by atoms with Crippen molar-refractivity contribution in [2.45, 2.75) is 64.6 Å². The molecular formula is C25H31FN2O3. The molecule has 1 fully saturated rings. The first kappa shape index (κ1) is 22.8. The zero-order valence-electron chi connectivity index (χ0n) is 18.3. The summed E-state index contributed by atoms with van der Waals surface area (Å²) in [5, 5.41) is 3.10. The molecule has 2 aromatic rings. The third kappa shape index (κ3) is 6.29. The van der Waals surface area contributed by atoms with Crippen LogP contribution in [-0.4, -0.2) is 35.4 Å². The van der Waals surface area contributed by atoms with E-state index < -0.39 is 11.9 Å². The van der Waals surface area contributed by atoms with E-state index >= 15 is 0 Å². The van der Waals surface area contributed by atoms with Crippen molar-refractivity contribution in [1.82, 2.24) is 10.2 Å². The third-order valence-electron chi connectivity index (χ3n) is 5.91. The van der Waals surface area contributed by atoms with Gasteiger partial charge in [-0.3, -0.25) is 9.59 Å². The Balaban J connectivity index is 1.72. The summed E-state index contributed by atoms with van der Waals surface area (Å²) in [7, 11) is 0. The van der Waals surface area contributed by atoms with Crippen molar-refractivity contribution in [2.75, 3.05) is 6.61 Å². The fourth-order valence-electron chi connectivity index (χ4n) is 3.91.